The summed E-state index contributed by atoms with van der Waals surface area (Å²) in [5.74, 6) is 0.543. The van der Waals surface area contributed by atoms with Gasteiger partial charge in [0.05, 0.1) is 5.56 Å². The van der Waals surface area contributed by atoms with Crippen molar-refractivity contribution in [2.75, 3.05) is 0 Å². The van der Waals surface area contributed by atoms with Crippen LogP contribution >= 0.6 is 15.9 Å². The van der Waals surface area contributed by atoms with Gasteiger partial charge in [0, 0.05) is 12.1 Å². The van der Waals surface area contributed by atoms with Crippen molar-refractivity contribution in [2.45, 2.75) is 38.6 Å². The van der Waals surface area contributed by atoms with Crippen LogP contribution in [0.5, 0.6) is 0 Å². The third-order valence-corrected chi connectivity index (χ3v) is 3.67. The zero-order valence-corrected chi connectivity index (χ0v) is 10.9. The summed E-state index contributed by atoms with van der Waals surface area (Å²) in [6.45, 7) is 2.20. The summed E-state index contributed by atoms with van der Waals surface area (Å²) < 4.78 is 5.65. The Kier molecular flexibility index (Phi) is 3.69. The third-order valence-electron chi connectivity index (χ3n) is 3.26. The number of amides is 1. The van der Waals surface area contributed by atoms with Gasteiger partial charge in [0.25, 0.3) is 5.91 Å². The van der Waals surface area contributed by atoms with Crippen LogP contribution < -0.4 is 5.32 Å². The molecule has 0 radical (unpaired) electrons. The zero-order chi connectivity index (χ0) is 11.5. The number of hydrogen-bond acceptors (Lipinski definition) is 2. The fraction of sp³-hybridized carbons (Fsp3) is 0.583. The van der Waals surface area contributed by atoms with E-state index in [0.717, 1.165) is 6.42 Å². The van der Waals surface area contributed by atoms with E-state index in [1.165, 1.54) is 25.5 Å². The second kappa shape index (κ2) is 5.04. The fourth-order valence-corrected chi connectivity index (χ4v) is 2.55. The van der Waals surface area contributed by atoms with E-state index < -0.39 is 0 Å². The second-order valence-corrected chi connectivity index (χ2v) is 5.26. The summed E-state index contributed by atoms with van der Waals surface area (Å²) >= 11 is 3.19. The van der Waals surface area contributed by atoms with Gasteiger partial charge < -0.3 is 9.73 Å². The van der Waals surface area contributed by atoms with Gasteiger partial charge in [-0.15, -0.1) is 0 Å². The molecule has 0 aliphatic heterocycles. The maximum atomic E-state index is 11.9. The highest BCUT2D eigenvalue weighted by molar-refractivity contribution is 9.10. The molecule has 0 spiro atoms. The highest BCUT2D eigenvalue weighted by Gasteiger charge is 2.23. The van der Waals surface area contributed by atoms with Gasteiger partial charge in [-0.05, 0) is 34.7 Å². The minimum atomic E-state index is -0.0341. The van der Waals surface area contributed by atoms with Crippen LogP contribution in [-0.2, 0) is 0 Å². The van der Waals surface area contributed by atoms with Gasteiger partial charge in [0.1, 0.15) is 6.26 Å². The number of halogens is 1. The topological polar surface area (TPSA) is 42.2 Å². The molecule has 2 rings (SSSR count). The first-order valence-electron chi connectivity index (χ1n) is 5.71. The molecule has 1 saturated carbocycles. The molecule has 1 aliphatic rings. The van der Waals surface area contributed by atoms with Crippen molar-refractivity contribution >= 4 is 21.8 Å². The zero-order valence-electron chi connectivity index (χ0n) is 9.33. The molecule has 1 aliphatic carbocycles. The molecule has 1 heterocycles. The number of hydrogen-bond donors (Lipinski definition) is 1. The normalized spacial score (nSPS) is 25.4. The van der Waals surface area contributed by atoms with Crippen LogP contribution in [-0.4, -0.2) is 11.9 Å². The van der Waals surface area contributed by atoms with Gasteiger partial charge in [-0.25, -0.2) is 0 Å². The van der Waals surface area contributed by atoms with Gasteiger partial charge >= 0.3 is 0 Å². The average molecular weight is 286 g/mol. The molecule has 1 N–H and O–H groups in total. The molecule has 88 valence electrons. The van der Waals surface area contributed by atoms with E-state index in [0.29, 0.717) is 22.2 Å². The van der Waals surface area contributed by atoms with E-state index in [1.807, 2.05) is 0 Å². The Morgan fingerprint density at radius 3 is 2.88 bits per heavy atom. The predicted octanol–water partition coefficient (Wildman–Crippen LogP) is 3.35. The summed E-state index contributed by atoms with van der Waals surface area (Å²) in [5.41, 5.74) is 0.588. The second-order valence-electron chi connectivity index (χ2n) is 4.48. The monoisotopic (exact) mass is 285 g/mol. The lowest BCUT2D eigenvalue weighted by Crippen LogP contribution is -2.40. The highest BCUT2D eigenvalue weighted by Crippen LogP contribution is 2.24. The van der Waals surface area contributed by atoms with Crippen LogP contribution in [0.15, 0.2) is 21.4 Å². The van der Waals surface area contributed by atoms with Crippen molar-refractivity contribution < 1.29 is 9.21 Å². The Morgan fingerprint density at radius 1 is 1.50 bits per heavy atom. The lowest BCUT2D eigenvalue weighted by molar-refractivity contribution is 0.0909. The lowest BCUT2D eigenvalue weighted by atomic mass is 9.86. The summed E-state index contributed by atoms with van der Waals surface area (Å²) in [6, 6.07) is 2.01. The number of carbonyl (C=O) groups excluding carboxylic acids is 1. The molecule has 1 fully saturated rings. The summed E-state index contributed by atoms with van der Waals surface area (Å²) in [6.07, 6.45) is 6.27. The third kappa shape index (κ3) is 2.67. The van der Waals surface area contributed by atoms with Crippen LogP contribution in [0.25, 0.3) is 0 Å². The molecule has 1 amide bonds. The minimum absolute atomic E-state index is 0.0341. The van der Waals surface area contributed by atoms with E-state index >= 15 is 0 Å². The quantitative estimate of drug-likeness (QED) is 0.906. The summed E-state index contributed by atoms with van der Waals surface area (Å²) in [7, 11) is 0. The molecule has 1 aromatic heterocycles. The minimum Gasteiger partial charge on any atom is -0.457 e. The summed E-state index contributed by atoms with van der Waals surface area (Å²) in [4.78, 5) is 11.9. The van der Waals surface area contributed by atoms with E-state index in [2.05, 4.69) is 28.2 Å². The molecule has 1 aromatic rings. The van der Waals surface area contributed by atoms with Gasteiger partial charge in [-0.1, -0.05) is 19.8 Å². The summed E-state index contributed by atoms with van der Waals surface area (Å²) in [5, 5.41) is 3.08. The SMILES string of the molecule is CC1CCCCC1NC(=O)c1coc(Br)c1. The molecular formula is C12H16BrNO2. The first-order chi connectivity index (χ1) is 7.66. The van der Waals surface area contributed by atoms with Crippen molar-refractivity contribution in [3.8, 4) is 0 Å². The van der Waals surface area contributed by atoms with Crippen molar-refractivity contribution in [3.05, 3.63) is 22.6 Å². The number of furan rings is 1. The number of rotatable bonds is 2. The molecule has 16 heavy (non-hydrogen) atoms. The fourth-order valence-electron chi connectivity index (χ4n) is 2.21. The van der Waals surface area contributed by atoms with Crippen LogP contribution in [0.4, 0.5) is 0 Å². The molecular weight excluding hydrogens is 270 g/mol. The molecule has 0 aromatic carbocycles. The molecule has 2 atom stereocenters. The number of carbonyl (C=O) groups is 1. The molecule has 3 nitrogen and oxygen atoms in total. The lowest BCUT2D eigenvalue weighted by Gasteiger charge is -2.29. The van der Waals surface area contributed by atoms with Crippen LogP contribution in [0.1, 0.15) is 43.0 Å². The molecule has 2 unspecified atom stereocenters. The Balaban J connectivity index is 1.96. The maximum absolute atomic E-state index is 11.9. The van der Waals surface area contributed by atoms with Gasteiger partial charge in [0.15, 0.2) is 4.67 Å². The van der Waals surface area contributed by atoms with Crippen molar-refractivity contribution in [2.24, 2.45) is 5.92 Å². The van der Waals surface area contributed by atoms with Crippen molar-refractivity contribution in [1.82, 2.24) is 5.32 Å². The van der Waals surface area contributed by atoms with Crippen LogP contribution in [0.2, 0.25) is 0 Å². The first kappa shape index (κ1) is 11.7. The van der Waals surface area contributed by atoms with Gasteiger partial charge in [-0.3, -0.25) is 4.79 Å². The standard InChI is InChI=1S/C12H16BrNO2/c1-8-4-2-3-5-10(8)14-12(15)9-6-11(13)16-7-9/h6-8,10H,2-5H2,1H3,(H,14,15). The number of nitrogens with one attached hydrogen (secondary N) is 1. The first-order valence-corrected chi connectivity index (χ1v) is 6.51. The van der Waals surface area contributed by atoms with Crippen LogP contribution in [0, 0.1) is 5.92 Å². The van der Waals surface area contributed by atoms with E-state index in [4.69, 9.17) is 4.42 Å². The van der Waals surface area contributed by atoms with Crippen molar-refractivity contribution in [1.29, 1.82) is 0 Å². The molecule has 0 saturated heterocycles. The van der Waals surface area contributed by atoms with Crippen molar-refractivity contribution in [3.63, 3.8) is 0 Å². The van der Waals surface area contributed by atoms with E-state index in [1.54, 1.807) is 6.07 Å². The Morgan fingerprint density at radius 2 is 2.25 bits per heavy atom. The largest absolute Gasteiger partial charge is 0.457 e. The average Bonchev–Trinajstić information content (AvgIpc) is 2.68. The van der Waals surface area contributed by atoms with Gasteiger partial charge in [-0.2, -0.15) is 0 Å². The maximum Gasteiger partial charge on any atom is 0.254 e. The molecule has 0 bridgehead atoms. The Labute approximate surface area is 104 Å². The Bertz CT molecular complexity index is 375. The van der Waals surface area contributed by atoms with Crippen LogP contribution in [0.3, 0.4) is 0 Å². The Hall–Kier alpha value is -0.770. The van der Waals surface area contributed by atoms with E-state index in [9.17, 15) is 4.79 Å². The predicted molar refractivity (Wildman–Crippen MR) is 65.3 cm³/mol. The smallest absolute Gasteiger partial charge is 0.254 e. The highest BCUT2D eigenvalue weighted by atomic mass is 79.9. The van der Waals surface area contributed by atoms with E-state index in [-0.39, 0.29) is 5.91 Å². The molecule has 4 heteroatoms. The van der Waals surface area contributed by atoms with Gasteiger partial charge in [0.2, 0.25) is 0 Å².